The molecule has 0 aliphatic rings. The zero-order valence-electron chi connectivity index (χ0n) is 18.4. The molecule has 0 saturated carbocycles. The number of nitrogens with zero attached hydrogens (tertiary/aromatic N) is 5. The fourth-order valence-corrected chi connectivity index (χ4v) is 5.16. The molecule has 0 atom stereocenters. The summed E-state index contributed by atoms with van der Waals surface area (Å²) < 4.78 is 37.7. The molecule has 11 heteroatoms. The van der Waals surface area contributed by atoms with Crippen molar-refractivity contribution < 1.29 is 13.2 Å². The summed E-state index contributed by atoms with van der Waals surface area (Å²) in [5, 5.41) is 17.7. The third-order valence-corrected chi connectivity index (χ3v) is 7.21. The molecule has 0 aliphatic heterocycles. The van der Waals surface area contributed by atoms with Crippen LogP contribution in [0.2, 0.25) is 0 Å². The molecule has 3 aromatic carbocycles. The smallest absolute Gasteiger partial charge is 0.263 e. The molecule has 36 heavy (non-hydrogen) atoms. The first kappa shape index (κ1) is 23.1. The third kappa shape index (κ3) is 4.90. The van der Waals surface area contributed by atoms with Gasteiger partial charge < -0.3 is 4.74 Å². The number of hydrogen-bond donors (Lipinski definition) is 1. The van der Waals surface area contributed by atoms with Gasteiger partial charge in [-0.25, -0.2) is 13.4 Å². The van der Waals surface area contributed by atoms with Gasteiger partial charge in [0.2, 0.25) is 5.13 Å². The maximum absolute atomic E-state index is 12.7. The van der Waals surface area contributed by atoms with Crippen LogP contribution in [-0.2, 0) is 10.0 Å². The molecular weight excluding hydrogens is 496 g/mol. The van der Waals surface area contributed by atoms with Crippen LogP contribution in [0.25, 0.3) is 22.3 Å². The highest BCUT2D eigenvalue weighted by Crippen LogP contribution is 2.37. The summed E-state index contributed by atoms with van der Waals surface area (Å²) in [6, 6.07) is 23.5. The zero-order chi connectivity index (χ0) is 25.0. The highest BCUT2D eigenvalue weighted by Gasteiger charge is 2.19. The van der Waals surface area contributed by atoms with Gasteiger partial charge in [-0.3, -0.25) is 4.72 Å². The number of sulfonamides is 1. The van der Waals surface area contributed by atoms with E-state index in [0.717, 1.165) is 33.8 Å². The molecule has 5 rings (SSSR count). The van der Waals surface area contributed by atoms with Gasteiger partial charge in [0.05, 0.1) is 22.9 Å². The summed E-state index contributed by atoms with van der Waals surface area (Å²) in [6.07, 6.45) is 4.45. The number of rotatable bonds is 7. The van der Waals surface area contributed by atoms with Crippen molar-refractivity contribution in [3.05, 3.63) is 97.1 Å². The number of benzene rings is 3. The summed E-state index contributed by atoms with van der Waals surface area (Å²) in [6.45, 7) is 0. The molecule has 0 saturated heterocycles. The minimum atomic E-state index is -3.96. The Morgan fingerprint density at radius 1 is 0.889 bits per heavy atom. The first-order chi connectivity index (χ1) is 17.5. The van der Waals surface area contributed by atoms with Crippen molar-refractivity contribution in [2.45, 2.75) is 4.90 Å². The predicted molar refractivity (Wildman–Crippen MR) is 135 cm³/mol. The average molecular weight is 513 g/mol. The van der Waals surface area contributed by atoms with Crippen molar-refractivity contribution in [3.63, 3.8) is 0 Å². The maximum atomic E-state index is 12.7. The van der Waals surface area contributed by atoms with E-state index in [0.29, 0.717) is 5.75 Å². The Hall–Kier alpha value is -4.66. The van der Waals surface area contributed by atoms with E-state index in [1.807, 2.05) is 54.6 Å². The van der Waals surface area contributed by atoms with E-state index in [-0.39, 0.29) is 21.3 Å². The average Bonchev–Trinajstić information content (AvgIpc) is 3.42. The monoisotopic (exact) mass is 512 g/mol. The first-order valence-corrected chi connectivity index (χ1v) is 12.8. The summed E-state index contributed by atoms with van der Waals surface area (Å²) >= 11 is 0.908. The van der Waals surface area contributed by atoms with Crippen LogP contribution in [0.15, 0.2) is 96.4 Å². The molecule has 0 aliphatic carbocycles. The Kier molecular flexibility index (Phi) is 6.36. The fourth-order valence-electron chi connectivity index (χ4n) is 3.47. The summed E-state index contributed by atoms with van der Waals surface area (Å²) in [7, 11) is -3.96. The number of nitriles is 1. The lowest BCUT2D eigenvalue weighted by atomic mass is 9.99. The highest BCUT2D eigenvalue weighted by atomic mass is 32.2. The van der Waals surface area contributed by atoms with Crippen molar-refractivity contribution >= 4 is 26.7 Å². The van der Waals surface area contributed by atoms with E-state index in [1.165, 1.54) is 24.5 Å². The number of ether oxygens (including phenoxy) is 1. The largest absolute Gasteiger partial charge is 0.455 e. The molecule has 0 amide bonds. The zero-order valence-corrected chi connectivity index (χ0v) is 20.1. The van der Waals surface area contributed by atoms with Gasteiger partial charge in [0.1, 0.15) is 23.9 Å². The van der Waals surface area contributed by atoms with Crippen molar-refractivity contribution in [3.8, 4) is 39.8 Å². The van der Waals surface area contributed by atoms with E-state index >= 15 is 0 Å². The van der Waals surface area contributed by atoms with Crippen molar-refractivity contribution in [2.24, 2.45) is 0 Å². The summed E-state index contributed by atoms with van der Waals surface area (Å²) in [4.78, 5) is 3.73. The maximum Gasteiger partial charge on any atom is 0.263 e. The second kappa shape index (κ2) is 9.91. The Bertz CT molecular complexity index is 1650. The lowest BCUT2D eigenvalue weighted by Crippen LogP contribution is -2.13. The van der Waals surface area contributed by atoms with Gasteiger partial charge in [-0.15, -0.1) is 0 Å². The predicted octanol–water partition coefficient (Wildman–Crippen LogP) is 5.13. The molecule has 1 N–H and O–H groups in total. The summed E-state index contributed by atoms with van der Waals surface area (Å²) in [5.41, 5.74) is 3.57. The van der Waals surface area contributed by atoms with Gasteiger partial charge in [-0.2, -0.15) is 19.8 Å². The van der Waals surface area contributed by atoms with E-state index in [1.54, 1.807) is 18.5 Å². The molecule has 0 unspecified atom stereocenters. The van der Waals surface area contributed by atoms with Crippen LogP contribution >= 0.6 is 11.5 Å². The van der Waals surface area contributed by atoms with Gasteiger partial charge >= 0.3 is 0 Å². The SMILES string of the molecule is N#Cc1cc(S(=O)(=O)Nc2ncns2)ccc1Oc1ccc(-c2ccccc2)cc1-c1ccnnc1. The molecule has 0 radical (unpaired) electrons. The molecule has 0 bridgehead atoms. The first-order valence-electron chi connectivity index (χ1n) is 10.5. The normalized spacial score (nSPS) is 11.0. The minimum absolute atomic E-state index is 0.0566. The minimum Gasteiger partial charge on any atom is -0.455 e. The van der Waals surface area contributed by atoms with E-state index in [4.69, 9.17) is 4.74 Å². The van der Waals surface area contributed by atoms with Crippen molar-refractivity contribution in [1.29, 1.82) is 5.26 Å². The molecule has 0 fully saturated rings. The van der Waals surface area contributed by atoms with Gasteiger partial charge in [0, 0.05) is 22.7 Å². The van der Waals surface area contributed by atoms with Crippen LogP contribution in [0.3, 0.4) is 0 Å². The summed E-state index contributed by atoms with van der Waals surface area (Å²) in [5.74, 6) is 0.685. The van der Waals surface area contributed by atoms with Gasteiger partial charge in [0.15, 0.2) is 0 Å². The highest BCUT2D eigenvalue weighted by molar-refractivity contribution is 7.93. The lowest BCUT2D eigenvalue weighted by Gasteiger charge is -2.15. The Balaban J connectivity index is 1.52. The molecule has 2 heterocycles. The van der Waals surface area contributed by atoms with Crippen LogP contribution in [-0.4, -0.2) is 28.0 Å². The quantitative estimate of drug-likeness (QED) is 0.318. The van der Waals surface area contributed by atoms with Gasteiger partial charge in [0.25, 0.3) is 10.0 Å². The van der Waals surface area contributed by atoms with Gasteiger partial charge in [-0.05, 0) is 47.5 Å². The van der Waals surface area contributed by atoms with E-state index in [2.05, 4.69) is 24.3 Å². The molecular formula is C25H16N6O3S2. The molecule has 0 spiro atoms. The van der Waals surface area contributed by atoms with Crippen molar-refractivity contribution in [1.82, 2.24) is 19.6 Å². The molecule has 176 valence electrons. The van der Waals surface area contributed by atoms with Crippen LogP contribution in [0, 0.1) is 11.3 Å². The topological polar surface area (TPSA) is 131 Å². The Morgan fingerprint density at radius 3 is 2.44 bits per heavy atom. The Labute approximate surface area is 210 Å². The number of nitrogens with one attached hydrogen (secondary N) is 1. The molecule has 9 nitrogen and oxygen atoms in total. The molecule has 5 aromatic rings. The van der Waals surface area contributed by atoms with E-state index < -0.39 is 10.0 Å². The van der Waals surface area contributed by atoms with Crippen molar-refractivity contribution in [2.75, 3.05) is 4.72 Å². The standard InChI is InChI=1S/C25H16N6O3S2/c26-14-20-12-21(36(32,33)31-25-27-16-30-35-25)7-9-23(20)34-24-8-6-18(17-4-2-1-3-5-17)13-22(24)19-10-11-28-29-15-19/h1-13,15-16H,(H,27,30,31). The fraction of sp³-hybridized carbons (Fsp3) is 0. The van der Waals surface area contributed by atoms with E-state index in [9.17, 15) is 13.7 Å². The van der Waals surface area contributed by atoms with Crippen LogP contribution in [0.1, 0.15) is 5.56 Å². The number of anilines is 1. The second-order valence-electron chi connectivity index (χ2n) is 7.43. The second-order valence-corrected chi connectivity index (χ2v) is 9.89. The van der Waals surface area contributed by atoms with Crippen LogP contribution < -0.4 is 9.46 Å². The number of hydrogen-bond acceptors (Lipinski definition) is 9. The van der Waals surface area contributed by atoms with Gasteiger partial charge in [-0.1, -0.05) is 36.4 Å². The van der Waals surface area contributed by atoms with Crippen LogP contribution in [0.4, 0.5) is 5.13 Å². The Morgan fingerprint density at radius 2 is 1.72 bits per heavy atom. The van der Waals surface area contributed by atoms with Crippen LogP contribution in [0.5, 0.6) is 11.5 Å². The third-order valence-electron chi connectivity index (χ3n) is 5.17. The lowest BCUT2D eigenvalue weighted by molar-refractivity contribution is 0.482. The molecule has 2 aromatic heterocycles. The number of aromatic nitrogens is 4.